The highest BCUT2D eigenvalue weighted by Gasteiger charge is 2.33. The number of nitrogens with one attached hydrogen (secondary N) is 2. The molecule has 0 fully saturated rings. The Balaban J connectivity index is 1.18. The van der Waals surface area contributed by atoms with E-state index in [9.17, 15) is 18.0 Å². The molecule has 4 aromatic rings. The lowest BCUT2D eigenvalue weighted by Gasteiger charge is -2.34. The minimum Gasteiger partial charge on any atom is -0.477 e. The van der Waals surface area contributed by atoms with Crippen LogP contribution in [0.3, 0.4) is 0 Å². The van der Waals surface area contributed by atoms with Crippen molar-refractivity contribution in [3.63, 3.8) is 0 Å². The third-order valence-corrected chi connectivity index (χ3v) is 8.97. The van der Waals surface area contributed by atoms with Crippen LogP contribution in [0, 0.1) is 0 Å². The van der Waals surface area contributed by atoms with Crippen molar-refractivity contribution in [2.24, 2.45) is 0 Å². The van der Waals surface area contributed by atoms with E-state index in [1.807, 2.05) is 72.8 Å². The van der Waals surface area contributed by atoms with Crippen molar-refractivity contribution in [2.75, 3.05) is 18.0 Å². The molecule has 2 atom stereocenters. The van der Waals surface area contributed by atoms with Gasteiger partial charge in [-0.2, -0.15) is 0 Å². The fourth-order valence-corrected chi connectivity index (χ4v) is 6.26. The highest BCUT2D eigenvalue weighted by molar-refractivity contribution is 7.89. The van der Waals surface area contributed by atoms with Crippen LogP contribution in [0.25, 0.3) is 0 Å². The van der Waals surface area contributed by atoms with E-state index >= 15 is 0 Å². The van der Waals surface area contributed by atoms with Gasteiger partial charge in [-0.15, -0.1) is 0 Å². The maximum absolute atomic E-state index is 13.4. The first kappa shape index (κ1) is 30.0. The van der Waals surface area contributed by atoms with Crippen LogP contribution in [0.5, 0.6) is 5.75 Å². The number of aryl methyl sites for hydroxylation is 1. The molecular weight excluding hydrogens is 562 g/mol. The number of para-hydroxylation sites is 2. The quantitative estimate of drug-likeness (QED) is 0.258. The van der Waals surface area contributed by atoms with Crippen LogP contribution in [0.1, 0.15) is 36.1 Å². The summed E-state index contributed by atoms with van der Waals surface area (Å²) in [5, 5.41) is 2.93. The summed E-state index contributed by atoms with van der Waals surface area (Å²) in [5.74, 6) is 0.0696. The summed E-state index contributed by atoms with van der Waals surface area (Å²) >= 11 is 0. The van der Waals surface area contributed by atoms with Crippen molar-refractivity contribution >= 4 is 27.5 Å². The van der Waals surface area contributed by atoms with Gasteiger partial charge in [0.15, 0.2) is 6.10 Å². The highest BCUT2D eigenvalue weighted by atomic mass is 32.2. The standard InChI is InChI=1S/C34H35N3O5S/c1-25(28-12-6-3-7-13-28)36-43(40,41)29-19-16-27(17-20-29)18-21-33(38)37-24-32(42-31-15-9-8-14-30(31)37)34(39)35-23-22-26-10-4-2-5-11-26/h2-17,19-20,25,32,36H,18,21-24H2,1H3,(H,35,39)/t25-,32+/m1/s1. The van der Waals surface area contributed by atoms with E-state index in [1.54, 1.807) is 48.2 Å². The maximum Gasteiger partial charge on any atom is 0.262 e. The molecule has 2 amide bonds. The maximum atomic E-state index is 13.4. The molecular formula is C34H35N3O5S. The molecule has 2 N–H and O–H groups in total. The first-order valence-corrected chi connectivity index (χ1v) is 15.8. The monoisotopic (exact) mass is 597 g/mol. The number of amides is 2. The van der Waals surface area contributed by atoms with Gasteiger partial charge in [0.05, 0.1) is 17.1 Å². The molecule has 0 bridgehead atoms. The molecule has 0 unspecified atom stereocenters. The van der Waals surface area contributed by atoms with E-state index in [0.717, 1.165) is 16.7 Å². The Bertz CT molecular complexity index is 1640. The average Bonchev–Trinajstić information content (AvgIpc) is 3.04. The Hall–Kier alpha value is -4.47. The molecule has 0 saturated heterocycles. The molecule has 9 heteroatoms. The van der Waals surface area contributed by atoms with Crippen LogP contribution in [-0.2, 0) is 32.5 Å². The van der Waals surface area contributed by atoms with Gasteiger partial charge in [-0.25, -0.2) is 13.1 Å². The van der Waals surface area contributed by atoms with Crippen molar-refractivity contribution in [2.45, 2.75) is 43.2 Å². The summed E-state index contributed by atoms with van der Waals surface area (Å²) < 4.78 is 34.5. The van der Waals surface area contributed by atoms with Crippen LogP contribution in [0.15, 0.2) is 114 Å². The van der Waals surface area contributed by atoms with Crippen LogP contribution in [0.4, 0.5) is 5.69 Å². The van der Waals surface area contributed by atoms with Gasteiger partial charge in [0, 0.05) is 19.0 Å². The number of rotatable bonds is 11. The lowest BCUT2D eigenvalue weighted by Crippen LogP contribution is -2.51. The topological polar surface area (TPSA) is 105 Å². The Morgan fingerprint density at radius 3 is 2.19 bits per heavy atom. The lowest BCUT2D eigenvalue weighted by atomic mass is 10.1. The minimum atomic E-state index is -3.72. The first-order valence-electron chi connectivity index (χ1n) is 14.3. The van der Waals surface area contributed by atoms with Gasteiger partial charge in [-0.3, -0.25) is 9.59 Å². The summed E-state index contributed by atoms with van der Waals surface area (Å²) in [5.41, 5.74) is 3.46. The molecule has 0 aromatic heterocycles. The predicted octanol–water partition coefficient (Wildman–Crippen LogP) is 4.81. The Morgan fingerprint density at radius 2 is 1.47 bits per heavy atom. The summed E-state index contributed by atoms with van der Waals surface area (Å²) in [6, 6.07) is 32.6. The number of hydrogen-bond acceptors (Lipinski definition) is 5. The summed E-state index contributed by atoms with van der Waals surface area (Å²) in [6.07, 6.45) is 0.470. The fourth-order valence-electron chi connectivity index (χ4n) is 5.03. The van der Waals surface area contributed by atoms with Crippen molar-refractivity contribution in [3.05, 3.63) is 126 Å². The molecule has 1 heterocycles. The van der Waals surface area contributed by atoms with E-state index in [2.05, 4.69) is 10.0 Å². The molecule has 4 aromatic carbocycles. The second-order valence-electron chi connectivity index (χ2n) is 10.5. The lowest BCUT2D eigenvalue weighted by molar-refractivity contribution is -0.128. The summed E-state index contributed by atoms with van der Waals surface area (Å²) in [4.78, 5) is 28.2. The van der Waals surface area contributed by atoms with E-state index < -0.39 is 16.1 Å². The number of ether oxygens (including phenoxy) is 1. The van der Waals surface area contributed by atoms with Crippen LogP contribution >= 0.6 is 0 Å². The molecule has 8 nitrogen and oxygen atoms in total. The number of carbonyl (C=O) groups is 2. The van der Waals surface area contributed by atoms with E-state index in [4.69, 9.17) is 4.74 Å². The van der Waals surface area contributed by atoms with Crippen LogP contribution in [-0.4, -0.2) is 39.4 Å². The van der Waals surface area contributed by atoms with Gasteiger partial charge in [0.2, 0.25) is 15.9 Å². The highest BCUT2D eigenvalue weighted by Crippen LogP contribution is 2.33. The van der Waals surface area contributed by atoms with Gasteiger partial charge in [-0.1, -0.05) is 84.9 Å². The number of carbonyl (C=O) groups excluding carboxylic acids is 2. The molecule has 1 aliphatic rings. The van der Waals surface area contributed by atoms with Crippen molar-refractivity contribution in [1.29, 1.82) is 0 Å². The minimum absolute atomic E-state index is 0.107. The second kappa shape index (κ2) is 13.7. The van der Waals surface area contributed by atoms with Gasteiger partial charge in [0.25, 0.3) is 5.91 Å². The van der Waals surface area contributed by atoms with Crippen LogP contribution in [0.2, 0.25) is 0 Å². The molecule has 0 radical (unpaired) electrons. The zero-order valence-corrected chi connectivity index (χ0v) is 24.8. The Labute approximate surface area is 252 Å². The molecule has 222 valence electrons. The first-order chi connectivity index (χ1) is 20.8. The SMILES string of the molecule is C[C@@H](NS(=O)(=O)c1ccc(CCC(=O)N2C[C@@H](C(=O)NCCc3ccccc3)Oc3ccccc32)cc1)c1ccccc1. The summed E-state index contributed by atoms with van der Waals surface area (Å²) in [7, 11) is -3.72. The fraction of sp³-hybridized carbons (Fsp3) is 0.235. The third-order valence-electron chi connectivity index (χ3n) is 7.42. The van der Waals surface area contributed by atoms with Crippen molar-refractivity contribution in [3.8, 4) is 5.75 Å². The number of sulfonamides is 1. The van der Waals surface area contributed by atoms with E-state index in [1.165, 1.54) is 0 Å². The average molecular weight is 598 g/mol. The van der Waals surface area contributed by atoms with Gasteiger partial charge in [-0.05, 0) is 60.7 Å². The third kappa shape index (κ3) is 7.68. The number of anilines is 1. The molecule has 0 aliphatic carbocycles. The van der Waals surface area contributed by atoms with Gasteiger partial charge < -0.3 is 15.0 Å². The molecule has 1 aliphatic heterocycles. The Kier molecular flexibility index (Phi) is 9.54. The number of hydrogen-bond donors (Lipinski definition) is 2. The largest absolute Gasteiger partial charge is 0.477 e. The normalized spacial score (nSPS) is 15.2. The van der Waals surface area contributed by atoms with Crippen molar-refractivity contribution < 1.29 is 22.7 Å². The van der Waals surface area contributed by atoms with Crippen LogP contribution < -0.4 is 19.7 Å². The van der Waals surface area contributed by atoms with E-state index in [0.29, 0.717) is 30.8 Å². The van der Waals surface area contributed by atoms with E-state index in [-0.39, 0.29) is 35.7 Å². The smallest absolute Gasteiger partial charge is 0.262 e. The molecule has 43 heavy (non-hydrogen) atoms. The second-order valence-corrected chi connectivity index (χ2v) is 12.2. The molecule has 5 rings (SSSR count). The molecule has 0 spiro atoms. The number of nitrogens with zero attached hydrogens (tertiary/aromatic N) is 1. The Morgan fingerprint density at radius 1 is 0.837 bits per heavy atom. The van der Waals surface area contributed by atoms with Crippen molar-refractivity contribution in [1.82, 2.24) is 10.0 Å². The number of fused-ring (bicyclic) bond motifs is 1. The summed E-state index contributed by atoms with van der Waals surface area (Å²) in [6.45, 7) is 2.37. The zero-order chi connectivity index (χ0) is 30.2. The van der Waals surface area contributed by atoms with Gasteiger partial charge >= 0.3 is 0 Å². The molecule has 0 saturated carbocycles. The van der Waals surface area contributed by atoms with Gasteiger partial charge in [0.1, 0.15) is 5.75 Å². The number of benzene rings is 4. The predicted molar refractivity (Wildman–Crippen MR) is 166 cm³/mol. The zero-order valence-electron chi connectivity index (χ0n) is 24.0.